The molecule has 0 aliphatic heterocycles. The van der Waals surface area contributed by atoms with Crippen LogP contribution in [0, 0.1) is 13.8 Å². The number of pyridine rings is 1. The lowest BCUT2D eigenvalue weighted by atomic mass is 9.97. The third kappa shape index (κ3) is 1.75. The third-order valence-corrected chi connectivity index (χ3v) is 3.05. The Hall–Kier alpha value is -1.58. The van der Waals surface area contributed by atoms with Crippen molar-refractivity contribution in [1.29, 1.82) is 0 Å². The lowest BCUT2D eigenvalue weighted by Crippen LogP contribution is -2.30. The zero-order chi connectivity index (χ0) is 12.6. The minimum atomic E-state index is -0.653. The number of carbonyl (C=O) groups is 1. The predicted octanol–water partition coefficient (Wildman–Crippen LogP) is 1.22. The lowest BCUT2D eigenvalue weighted by molar-refractivity contribution is 0.0997. The molecule has 1 heterocycles. The second-order valence-corrected chi connectivity index (χ2v) is 4.37. The van der Waals surface area contributed by atoms with Gasteiger partial charge in [0.05, 0.1) is 0 Å². The fraction of sp³-hybridized carbons (Fsp3) is 0.500. The molecule has 1 rings (SSSR count). The number of aromatic nitrogens is 1. The van der Waals surface area contributed by atoms with Crippen molar-refractivity contribution in [1.82, 2.24) is 4.57 Å². The molecule has 0 saturated carbocycles. The van der Waals surface area contributed by atoms with Gasteiger partial charge in [-0.1, -0.05) is 13.8 Å². The summed E-state index contributed by atoms with van der Waals surface area (Å²) in [5, 5.41) is 0. The van der Waals surface area contributed by atoms with Crippen molar-refractivity contribution < 1.29 is 4.79 Å². The van der Waals surface area contributed by atoms with Gasteiger partial charge in [-0.2, -0.15) is 0 Å². The van der Waals surface area contributed by atoms with Crippen molar-refractivity contribution in [2.24, 2.45) is 12.8 Å². The molecule has 4 heteroatoms. The number of amides is 1. The van der Waals surface area contributed by atoms with Crippen molar-refractivity contribution in [2.75, 3.05) is 0 Å². The standard InChI is InChI=1S/C12H18N2O2/c1-6(2)9-7(3)14(5)8(4)10(11(9)15)12(13)16/h6H,1-5H3,(H2,13,16). The largest absolute Gasteiger partial charge is 0.365 e. The number of primary amides is 1. The number of carbonyl (C=O) groups excluding carboxylic acids is 1. The lowest BCUT2D eigenvalue weighted by Gasteiger charge is -2.18. The molecule has 1 aromatic heterocycles. The van der Waals surface area contributed by atoms with E-state index in [0.29, 0.717) is 11.3 Å². The summed E-state index contributed by atoms with van der Waals surface area (Å²) < 4.78 is 1.84. The fourth-order valence-electron chi connectivity index (χ4n) is 2.03. The van der Waals surface area contributed by atoms with Crippen LogP contribution in [-0.4, -0.2) is 10.5 Å². The second-order valence-electron chi connectivity index (χ2n) is 4.37. The number of nitrogens with two attached hydrogens (primary N) is 1. The van der Waals surface area contributed by atoms with E-state index in [-0.39, 0.29) is 16.9 Å². The van der Waals surface area contributed by atoms with Gasteiger partial charge >= 0.3 is 0 Å². The van der Waals surface area contributed by atoms with E-state index < -0.39 is 5.91 Å². The van der Waals surface area contributed by atoms with Gasteiger partial charge in [-0.25, -0.2) is 0 Å². The van der Waals surface area contributed by atoms with Crippen molar-refractivity contribution in [3.05, 3.63) is 32.7 Å². The molecule has 1 amide bonds. The summed E-state index contributed by atoms with van der Waals surface area (Å²) >= 11 is 0. The summed E-state index contributed by atoms with van der Waals surface area (Å²) in [7, 11) is 1.84. The Morgan fingerprint density at radius 2 is 1.75 bits per heavy atom. The molecule has 0 bridgehead atoms. The van der Waals surface area contributed by atoms with E-state index in [4.69, 9.17) is 5.73 Å². The van der Waals surface area contributed by atoms with Gasteiger partial charge in [0.2, 0.25) is 0 Å². The van der Waals surface area contributed by atoms with E-state index in [2.05, 4.69) is 0 Å². The number of nitrogens with zero attached hydrogens (tertiary/aromatic N) is 1. The molecule has 0 fully saturated rings. The molecule has 0 unspecified atom stereocenters. The summed E-state index contributed by atoms with van der Waals surface area (Å²) in [5.41, 5.74) is 7.32. The predicted molar refractivity (Wildman–Crippen MR) is 63.8 cm³/mol. The highest BCUT2D eigenvalue weighted by molar-refractivity contribution is 5.94. The Labute approximate surface area is 95.1 Å². The van der Waals surface area contributed by atoms with Crippen LogP contribution in [0.1, 0.15) is 47.1 Å². The Kier molecular flexibility index (Phi) is 3.21. The Morgan fingerprint density at radius 3 is 2.12 bits per heavy atom. The molecule has 0 aliphatic rings. The van der Waals surface area contributed by atoms with Crippen molar-refractivity contribution in [3.63, 3.8) is 0 Å². The van der Waals surface area contributed by atoms with Crippen LogP contribution in [0.25, 0.3) is 0 Å². The van der Waals surface area contributed by atoms with Gasteiger partial charge in [-0.05, 0) is 19.8 Å². The number of hydrogen-bond acceptors (Lipinski definition) is 2. The van der Waals surface area contributed by atoms with Crippen LogP contribution >= 0.6 is 0 Å². The van der Waals surface area contributed by atoms with E-state index in [9.17, 15) is 9.59 Å². The van der Waals surface area contributed by atoms with Gasteiger partial charge in [0.1, 0.15) is 5.56 Å². The van der Waals surface area contributed by atoms with Crippen LogP contribution in [0.5, 0.6) is 0 Å². The second kappa shape index (κ2) is 4.12. The fourth-order valence-corrected chi connectivity index (χ4v) is 2.03. The van der Waals surface area contributed by atoms with E-state index in [1.54, 1.807) is 6.92 Å². The van der Waals surface area contributed by atoms with Crippen LogP contribution in [0.15, 0.2) is 4.79 Å². The zero-order valence-corrected chi connectivity index (χ0v) is 10.4. The maximum absolute atomic E-state index is 12.1. The van der Waals surface area contributed by atoms with Gasteiger partial charge in [0.25, 0.3) is 5.91 Å². The van der Waals surface area contributed by atoms with Gasteiger partial charge in [-0.3, -0.25) is 9.59 Å². The zero-order valence-electron chi connectivity index (χ0n) is 10.4. The van der Waals surface area contributed by atoms with Gasteiger partial charge in [0, 0.05) is 24.0 Å². The van der Waals surface area contributed by atoms with E-state index in [1.165, 1.54) is 0 Å². The Morgan fingerprint density at radius 1 is 1.25 bits per heavy atom. The molecule has 0 aromatic carbocycles. The topological polar surface area (TPSA) is 65.1 Å². The van der Waals surface area contributed by atoms with E-state index in [1.807, 2.05) is 32.4 Å². The minimum Gasteiger partial charge on any atom is -0.365 e. The molecular weight excluding hydrogens is 204 g/mol. The van der Waals surface area contributed by atoms with Crippen LogP contribution in [0.2, 0.25) is 0 Å². The number of hydrogen-bond donors (Lipinski definition) is 1. The van der Waals surface area contributed by atoms with Crippen molar-refractivity contribution in [3.8, 4) is 0 Å². The van der Waals surface area contributed by atoms with Crippen LogP contribution in [0.3, 0.4) is 0 Å². The smallest absolute Gasteiger partial charge is 0.254 e. The summed E-state index contributed by atoms with van der Waals surface area (Å²) in [6.07, 6.45) is 0. The molecule has 2 N–H and O–H groups in total. The minimum absolute atomic E-state index is 0.0809. The SMILES string of the molecule is Cc1c(C(N)=O)c(=O)c(C(C)C)c(C)n1C. The third-order valence-electron chi connectivity index (χ3n) is 3.05. The summed E-state index contributed by atoms with van der Waals surface area (Å²) in [6, 6.07) is 0. The van der Waals surface area contributed by atoms with E-state index in [0.717, 1.165) is 5.69 Å². The molecule has 88 valence electrons. The first-order chi connectivity index (χ1) is 7.29. The Balaban J connectivity index is 3.81. The first-order valence-corrected chi connectivity index (χ1v) is 5.28. The van der Waals surface area contributed by atoms with Crippen LogP contribution < -0.4 is 11.2 Å². The van der Waals surface area contributed by atoms with E-state index >= 15 is 0 Å². The van der Waals surface area contributed by atoms with Crippen LogP contribution in [-0.2, 0) is 7.05 Å². The quantitative estimate of drug-likeness (QED) is 0.817. The highest BCUT2D eigenvalue weighted by atomic mass is 16.2. The summed E-state index contributed by atoms with van der Waals surface area (Å²) in [6.45, 7) is 7.49. The Bertz CT molecular complexity index is 499. The van der Waals surface area contributed by atoms with Gasteiger partial charge in [0.15, 0.2) is 5.43 Å². The van der Waals surface area contributed by atoms with Crippen molar-refractivity contribution in [2.45, 2.75) is 33.6 Å². The molecule has 0 saturated heterocycles. The molecule has 0 spiro atoms. The first-order valence-electron chi connectivity index (χ1n) is 5.28. The normalized spacial score (nSPS) is 10.9. The average Bonchev–Trinajstić information content (AvgIpc) is 2.13. The maximum atomic E-state index is 12.1. The maximum Gasteiger partial charge on any atom is 0.254 e. The highest BCUT2D eigenvalue weighted by Gasteiger charge is 2.20. The van der Waals surface area contributed by atoms with Gasteiger partial charge < -0.3 is 10.3 Å². The molecule has 0 radical (unpaired) electrons. The van der Waals surface area contributed by atoms with Crippen molar-refractivity contribution >= 4 is 5.91 Å². The van der Waals surface area contributed by atoms with Crippen LogP contribution in [0.4, 0.5) is 0 Å². The monoisotopic (exact) mass is 222 g/mol. The number of rotatable bonds is 2. The molecule has 0 aliphatic carbocycles. The first kappa shape index (κ1) is 12.5. The highest BCUT2D eigenvalue weighted by Crippen LogP contribution is 2.17. The summed E-state index contributed by atoms with van der Waals surface area (Å²) in [4.78, 5) is 23.4. The van der Waals surface area contributed by atoms with Gasteiger partial charge in [-0.15, -0.1) is 0 Å². The molecule has 4 nitrogen and oxygen atoms in total. The molecular formula is C12H18N2O2. The average molecular weight is 222 g/mol. The molecule has 0 atom stereocenters. The molecule has 16 heavy (non-hydrogen) atoms. The molecule has 1 aromatic rings. The summed E-state index contributed by atoms with van der Waals surface area (Å²) in [5.74, 6) is -0.572.